The summed E-state index contributed by atoms with van der Waals surface area (Å²) in [5.74, 6) is 0. The second-order valence-corrected chi connectivity index (χ2v) is 5.06. The lowest BCUT2D eigenvalue weighted by atomic mass is 10.1. The van der Waals surface area contributed by atoms with Crippen molar-refractivity contribution >= 4 is 11.3 Å². The molecule has 0 aliphatic carbocycles. The molecule has 0 saturated carbocycles. The van der Waals surface area contributed by atoms with Gasteiger partial charge in [0.1, 0.15) is 6.10 Å². The molecule has 3 rings (SSSR count). The number of nitrogens with zero attached hydrogens (tertiary/aromatic N) is 3. The van der Waals surface area contributed by atoms with Gasteiger partial charge in [-0.25, -0.2) is 4.68 Å². The first kappa shape index (κ1) is 12.1. The summed E-state index contributed by atoms with van der Waals surface area (Å²) in [7, 11) is 0. The van der Waals surface area contributed by atoms with E-state index in [1.807, 2.05) is 48.0 Å². The number of hydrogen-bond donors (Lipinski definition) is 1. The van der Waals surface area contributed by atoms with Crippen LogP contribution in [0.5, 0.6) is 0 Å². The van der Waals surface area contributed by atoms with E-state index < -0.39 is 6.10 Å². The molecule has 0 aliphatic rings. The van der Waals surface area contributed by atoms with E-state index in [0.717, 1.165) is 16.8 Å². The Morgan fingerprint density at radius 2 is 2.00 bits per heavy atom. The van der Waals surface area contributed by atoms with E-state index in [2.05, 4.69) is 10.3 Å². The van der Waals surface area contributed by atoms with Crippen molar-refractivity contribution in [2.45, 2.75) is 13.0 Å². The average Bonchev–Trinajstić information content (AvgIpc) is 3.07. The molecule has 0 radical (unpaired) electrons. The number of benzene rings is 1. The van der Waals surface area contributed by atoms with Gasteiger partial charge in [0.05, 0.1) is 17.6 Å². The van der Waals surface area contributed by atoms with E-state index in [9.17, 15) is 5.11 Å². The zero-order valence-electron chi connectivity index (χ0n) is 10.4. The number of aryl methyl sites for hydroxylation is 1. The van der Waals surface area contributed by atoms with Crippen LogP contribution in [0.2, 0.25) is 0 Å². The molecule has 96 valence electrons. The highest BCUT2D eigenvalue weighted by atomic mass is 32.1. The Morgan fingerprint density at radius 3 is 2.68 bits per heavy atom. The fourth-order valence-electron chi connectivity index (χ4n) is 2.01. The first-order valence-electron chi connectivity index (χ1n) is 5.94. The maximum atomic E-state index is 10.5. The number of thiophene rings is 1. The van der Waals surface area contributed by atoms with E-state index >= 15 is 0 Å². The van der Waals surface area contributed by atoms with Crippen LogP contribution in [0, 0.1) is 6.92 Å². The van der Waals surface area contributed by atoms with E-state index in [-0.39, 0.29) is 0 Å². The lowest BCUT2D eigenvalue weighted by Crippen LogP contribution is -2.08. The SMILES string of the molecule is Cc1cscc1C(O)c1cnnn1-c1ccccc1. The third-order valence-corrected chi connectivity index (χ3v) is 3.93. The van der Waals surface area contributed by atoms with E-state index in [4.69, 9.17) is 0 Å². The molecule has 1 atom stereocenters. The van der Waals surface area contributed by atoms with Gasteiger partial charge in [0, 0.05) is 5.56 Å². The number of aliphatic hydroxyl groups excluding tert-OH is 1. The number of aromatic nitrogens is 3. The molecule has 0 bridgehead atoms. The van der Waals surface area contributed by atoms with Crippen LogP contribution in [0.3, 0.4) is 0 Å². The second-order valence-electron chi connectivity index (χ2n) is 4.32. The molecule has 5 heteroatoms. The summed E-state index contributed by atoms with van der Waals surface area (Å²) in [6.07, 6.45) is 0.899. The van der Waals surface area contributed by atoms with Crippen LogP contribution in [0.15, 0.2) is 47.3 Å². The van der Waals surface area contributed by atoms with Gasteiger partial charge in [0.15, 0.2) is 0 Å². The summed E-state index contributed by atoms with van der Waals surface area (Å²) in [5, 5.41) is 22.5. The van der Waals surface area contributed by atoms with Crippen LogP contribution in [0.25, 0.3) is 5.69 Å². The Hall–Kier alpha value is -1.98. The smallest absolute Gasteiger partial charge is 0.124 e. The standard InChI is InChI=1S/C14H13N3OS/c1-10-8-19-9-12(10)14(18)13-7-15-16-17(13)11-5-3-2-4-6-11/h2-9,14,18H,1H3. The quantitative estimate of drug-likeness (QED) is 0.797. The molecule has 0 spiro atoms. The summed E-state index contributed by atoms with van der Waals surface area (Å²) in [5.41, 5.74) is 3.55. The Morgan fingerprint density at radius 1 is 1.21 bits per heavy atom. The van der Waals surface area contributed by atoms with Gasteiger partial charge in [-0.3, -0.25) is 0 Å². The van der Waals surface area contributed by atoms with Gasteiger partial charge < -0.3 is 5.11 Å². The minimum absolute atomic E-state index is 0.674. The fraction of sp³-hybridized carbons (Fsp3) is 0.143. The monoisotopic (exact) mass is 271 g/mol. The summed E-state index contributed by atoms with van der Waals surface area (Å²) >= 11 is 1.58. The van der Waals surface area contributed by atoms with E-state index in [0.29, 0.717) is 5.69 Å². The minimum Gasteiger partial charge on any atom is -0.382 e. The minimum atomic E-state index is -0.707. The maximum Gasteiger partial charge on any atom is 0.124 e. The van der Waals surface area contributed by atoms with E-state index in [1.54, 1.807) is 22.2 Å². The van der Waals surface area contributed by atoms with Crippen LogP contribution in [0.1, 0.15) is 22.9 Å². The largest absolute Gasteiger partial charge is 0.382 e. The van der Waals surface area contributed by atoms with Crippen molar-refractivity contribution in [2.24, 2.45) is 0 Å². The van der Waals surface area contributed by atoms with Gasteiger partial charge in [-0.1, -0.05) is 23.4 Å². The Labute approximate surface area is 115 Å². The third-order valence-electron chi connectivity index (χ3n) is 3.05. The van der Waals surface area contributed by atoms with Crippen LogP contribution in [-0.2, 0) is 0 Å². The third kappa shape index (κ3) is 2.18. The van der Waals surface area contributed by atoms with Gasteiger partial charge in [0.2, 0.25) is 0 Å². The van der Waals surface area contributed by atoms with Gasteiger partial charge >= 0.3 is 0 Å². The van der Waals surface area contributed by atoms with Crippen LogP contribution in [-0.4, -0.2) is 20.1 Å². The second kappa shape index (κ2) is 4.95. The Bertz CT molecular complexity index is 675. The van der Waals surface area contributed by atoms with E-state index in [1.165, 1.54) is 0 Å². The highest BCUT2D eigenvalue weighted by molar-refractivity contribution is 7.08. The van der Waals surface area contributed by atoms with Crippen molar-refractivity contribution in [1.29, 1.82) is 0 Å². The van der Waals surface area contributed by atoms with Crippen molar-refractivity contribution in [1.82, 2.24) is 15.0 Å². The number of rotatable bonds is 3. The molecule has 0 fully saturated rings. The Kier molecular flexibility index (Phi) is 3.15. The zero-order valence-corrected chi connectivity index (χ0v) is 11.2. The first-order valence-corrected chi connectivity index (χ1v) is 6.88. The molecular formula is C14H13N3OS. The normalized spacial score (nSPS) is 12.5. The first-order chi connectivity index (χ1) is 9.27. The molecule has 0 saturated heterocycles. The molecular weight excluding hydrogens is 258 g/mol. The molecule has 1 aromatic carbocycles. The number of aliphatic hydroxyl groups is 1. The van der Waals surface area contributed by atoms with Crippen molar-refractivity contribution in [3.63, 3.8) is 0 Å². The highest BCUT2D eigenvalue weighted by Gasteiger charge is 2.19. The average molecular weight is 271 g/mol. The topological polar surface area (TPSA) is 50.9 Å². The van der Waals surface area contributed by atoms with Gasteiger partial charge in [-0.05, 0) is 35.4 Å². The maximum absolute atomic E-state index is 10.5. The predicted octanol–water partition coefficient (Wildman–Crippen LogP) is 2.72. The number of hydrogen-bond acceptors (Lipinski definition) is 4. The Balaban J connectivity index is 2.04. The molecule has 2 aromatic heterocycles. The molecule has 1 unspecified atom stereocenters. The fourth-order valence-corrected chi connectivity index (χ4v) is 2.88. The predicted molar refractivity (Wildman–Crippen MR) is 74.5 cm³/mol. The van der Waals surface area contributed by atoms with Crippen molar-refractivity contribution in [2.75, 3.05) is 0 Å². The molecule has 3 aromatic rings. The van der Waals surface area contributed by atoms with Crippen LogP contribution >= 0.6 is 11.3 Å². The highest BCUT2D eigenvalue weighted by Crippen LogP contribution is 2.27. The van der Waals surface area contributed by atoms with Crippen LogP contribution < -0.4 is 0 Å². The lowest BCUT2D eigenvalue weighted by Gasteiger charge is -2.12. The van der Waals surface area contributed by atoms with Gasteiger partial charge in [-0.15, -0.1) is 5.10 Å². The van der Waals surface area contributed by atoms with Crippen LogP contribution in [0.4, 0.5) is 0 Å². The summed E-state index contributed by atoms with van der Waals surface area (Å²) in [6, 6.07) is 9.68. The van der Waals surface area contributed by atoms with Crippen molar-refractivity contribution < 1.29 is 5.11 Å². The molecule has 0 amide bonds. The molecule has 0 aliphatic heterocycles. The number of para-hydroxylation sites is 1. The summed E-state index contributed by atoms with van der Waals surface area (Å²) in [4.78, 5) is 0. The van der Waals surface area contributed by atoms with Gasteiger partial charge in [-0.2, -0.15) is 11.3 Å². The van der Waals surface area contributed by atoms with Crippen molar-refractivity contribution in [3.8, 4) is 5.69 Å². The summed E-state index contributed by atoms with van der Waals surface area (Å²) < 4.78 is 1.67. The molecule has 1 N–H and O–H groups in total. The zero-order chi connectivity index (χ0) is 13.2. The molecule has 19 heavy (non-hydrogen) atoms. The molecule has 4 nitrogen and oxygen atoms in total. The molecule has 2 heterocycles. The summed E-state index contributed by atoms with van der Waals surface area (Å²) in [6.45, 7) is 1.99. The lowest BCUT2D eigenvalue weighted by molar-refractivity contribution is 0.212. The van der Waals surface area contributed by atoms with Crippen molar-refractivity contribution in [3.05, 3.63) is 64.1 Å². The van der Waals surface area contributed by atoms with Gasteiger partial charge in [0.25, 0.3) is 0 Å².